The molecule has 2 unspecified atom stereocenters. The van der Waals surface area contributed by atoms with Crippen molar-refractivity contribution in [3.8, 4) is 5.75 Å². The van der Waals surface area contributed by atoms with Gasteiger partial charge in [-0.25, -0.2) is 0 Å². The van der Waals surface area contributed by atoms with Crippen LogP contribution in [0.2, 0.25) is 0 Å². The molecule has 2 aromatic rings. The van der Waals surface area contributed by atoms with Gasteiger partial charge in [0.05, 0.1) is 31.4 Å². The summed E-state index contributed by atoms with van der Waals surface area (Å²) in [5, 5.41) is 0. The SMILES string of the molecule is COc1ccc(CN2C(=O)C(c3ccccc3)=C(N3CC(C)OC(C)C3)C2=O)cc1. The Morgan fingerprint density at radius 3 is 2.17 bits per heavy atom. The van der Waals surface area contributed by atoms with Gasteiger partial charge in [-0.05, 0) is 37.1 Å². The molecule has 1 fully saturated rings. The van der Waals surface area contributed by atoms with Crippen LogP contribution in [0.1, 0.15) is 25.0 Å². The largest absolute Gasteiger partial charge is 0.497 e. The molecule has 0 spiro atoms. The first-order valence-corrected chi connectivity index (χ1v) is 10.2. The highest BCUT2D eigenvalue weighted by Crippen LogP contribution is 2.34. The van der Waals surface area contributed by atoms with Gasteiger partial charge in [0.2, 0.25) is 0 Å². The minimum absolute atomic E-state index is 0.0168. The predicted molar refractivity (Wildman–Crippen MR) is 113 cm³/mol. The molecule has 6 nitrogen and oxygen atoms in total. The van der Waals surface area contributed by atoms with Gasteiger partial charge < -0.3 is 14.4 Å². The summed E-state index contributed by atoms with van der Waals surface area (Å²) < 4.78 is 11.0. The van der Waals surface area contributed by atoms with Gasteiger partial charge in [-0.1, -0.05) is 42.5 Å². The van der Waals surface area contributed by atoms with Gasteiger partial charge in [0.25, 0.3) is 11.8 Å². The molecular weight excluding hydrogens is 380 g/mol. The molecule has 6 heteroatoms. The van der Waals surface area contributed by atoms with Crippen molar-refractivity contribution in [2.24, 2.45) is 0 Å². The molecular formula is C24H26N2O4. The fourth-order valence-corrected chi connectivity index (χ4v) is 4.14. The highest BCUT2D eigenvalue weighted by atomic mass is 16.5. The van der Waals surface area contributed by atoms with Crippen LogP contribution in [0.25, 0.3) is 5.57 Å². The van der Waals surface area contributed by atoms with Crippen LogP contribution in [0.3, 0.4) is 0 Å². The second kappa shape index (κ2) is 8.32. The van der Waals surface area contributed by atoms with E-state index in [1.165, 1.54) is 4.90 Å². The standard InChI is InChI=1S/C24H26N2O4/c1-16-13-25(14-17(2)30-16)22-21(19-7-5-4-6-8-19)23(27)26(24(22)28)15-18-9-11-20(29-3)12-10-18/h4-12,16-17H,13-15H2,1-3H3. The average Bonchev–Trinajstić information content (AvgIpc) is 2.99. The number of amides is 2. The predicted octanol–water partition coefficient (Wildman–Crippen LogP) is 3.08. The first-order chi connectivity index (χ1) is 14.5. The second-order valence-electron chi connectivity index (χ2n) is 7.80. The van der Waals surface area contributed by atoms with E-state index in [2.05, 4.69) is 0 Å². The van der Waals surface area contributed by atoms with E-state index >= 15 is 0 Å². The zero-order valence-corrected chi connectivity index (χ0v) is 17.5. The van der Waals surface area contributed by atoms with E-state index in [9.17, 15) is 9.59 Å². The van der Waals surface area contributed by atoms with E-state index in [0.717, 1.165) is 16.9 Å². The van der Waals surface area contributed by atoms with Gasteiger partial charge in [0.15, 0.2) is 0 Å². The monoisotopic (exact) mass is 406 g/mol. The zero-order valence-electron chi connectivity index (χ0n) is 17.5. The number of carbonyl (C=O) groups is 2. The zero-order chi connectivity index (χ0) is 21.3. The Morgan fingerprint density at radius 2 is 1.57 bits per heavy atom. The highest BCUT2D eigenvalue weighted by Gasteiger charge is 2.42. The van der Waals surface area contributed by atoms with Gasteiger partial charge in [-0.15, -0.1) is 0 Å². The van der Waals surface area contributed by atoms with Crippen LogP contribution in [-0.2, 0) is 20.9 Å². The van der Waals surface area contributed by atoms with Crippen molar-refractivity contribution >= 4 is 17.4 Å². The molecule has 2 aromatic carbocycles. The van der Waals surface area contributed by atoms with Crippen molar-refractivity contribution < 1.29 is 19.1 Å². The number of carbonyl (C=O) groups excluding carboxylic acids is 2. The fourth-order valence-electron chi connectivity index (χ4n) is 4.14. The number of imide groups is 1. The van der Waals surface area contributed by atoms with Crippen molar-refractivity contribution in [3.63, 3.8) is 0 Å². The molecule has 2 aliphatic heterocycles. The Hall–Kier alpha value is -3.12. The van der Waals surface area contributed by atoms with Gasteiger partial charge in [-0.2, -0.15) is 0 Å². The third-order valence-electron chi connectivity index (χ3n) is 5.44. The van der Waals surface area contributed by atoms with Crippen LogP contribution in [-0.4, -0.2) is 54.0 Å². The summed E-state index contributed by atoms with van der Waals surface area (Å²) in [5.74, 6) is 0.220. The summed E-state index contributed by atoms with van der Waals surface area (Å²) in [6, 6.07) is 16.8. The summed E-state index contributed by atoms with van der Waals surface area (Å²) in [7, 11) is 1.61. The van der Waals surface area contributed by atoms with Gasteiger partial charge >= 0.3 is 0 Å². The number of rotatable bonds is 5. The fraction of sp³-hybridized carbons (Fsp3) is 0.333. The summed E-state index contributed by atoms with van der Waals surface area (Å²) in [5.41, 5.74) is 2.57. The van der Waals surface area contributed by atoms with E-state index in [4.69, 9.17) is 9.47 Å². The molecule has 156 valence electrons. The first kappa shape index (κ1) is 20.2. The number of nitrogens with zero attached hydrogens (tertiary/aromatic N) is 2. The Labute approximate surface area is 176 Å². The van der Waals surface area contributed by atoms with Gasteiger partial charge in [-0.3, -0.25) is 14.5 Å². The molecule has 0 bridgehead atoms. The van der Waals surface area contributed by atoms with Crippen molar-refractivity contribution in [2.45, 2.75) is 32.6 Å². The summed E-state index contributed by atoms with van der Waals surface area (Å²) >= 11 is 0. The van der Waals surface area contributed by atoms with Crippen LogP contribution in [0.15, 0.2) is 60.3 Å². The molecule has 2 heterocycles. The molecule has 4 rings (SSSR count). The highest BCUT2D eigenvalue weighted by molar-refractivity contribution is 6.35. The van der Waals surface area contributed by atoms with E-state index < -0.39 is 0 Å². The lowest BCUT2D eigenvalue weighted by Crippen LogP contribution is -2.46. The van der Waals surface area contributed by atoms with Crippen molar-refractivity contribution in [2.75, 3.05) is 20.2 Å². The number of hydrogen-bond acceptors (Lipinski definition) is 5. The van der Waals surface area contributed by atoms with Crippen molar-refractivity contribution in [3.05, 3.63) is 71.4 Å². The van der Waals surface area contributed by atoms with E-state index in [1.54, 1.807) is 7.11 Å². The maximum atomic E-state index is 13.5. The number of benzene rings is 2. The first-order valence-electron chi connectivity index (χ1n) is 10.2. The molecule has 0 saturated carbocycles. The van der Waals surface area contributed by atoms with E-state index in [-0.39, 0.29) is 30.6 Å². The summed E-state index contributed by atoms with van der Waals surface area (Å²) in [6.07, 6.45) is -0.0337. The molecule has 0 radical (unpaired) electrons. The molecule has 0 N–H and O–H groups in total. The van der Waals surface area contributed by atoms with Crippen LogP contribution < -0.4 is 4.74 Å². The number of morpholine rings is 1. The summed E-state index contributed by atoms with van der Waals surface area (Å²) in [6.45, 7) is 5.34. The molecule has 2 amide bonds. The average molecular weight is 406 g/mol. The van der Waals surface area contributed by atoms with Crippen molar-refractivity contribution in [1.29, 1.82) is 0 Å². The summed E-state index contributed by atoms with van der Waals surface area (Å²) in [4.78, 5) is 30.3. The van der Waals surface area contributed by atoms with E-state index in [1.807, 2.05) is 73.3 Å². The Bertz CT molecular complexity index is 958. The Morgan fingerprint density at radius 1 is 0.933 bits per heavy atom. The molecule has 0 aromatic heterocycles. The third kappa shape index (κ3) is 3.83. The number of hydrogen-bond donors (Lipinski definition) is 0. The van der Waals surface area contributed by atoms with Crippen LogP contribution in [0, 0.1) is 0 Å². The normalized spacial score (nSPS) is 22.1. The minimum Gasteiger partial charge on any atom is -0.497 e. The molecule has 2 atom stereocenters. The van der Waals surface area contributed by atoms with Crippen molar-refractivity contribution in [1.82, 2.24) is 9.80 Å². The van der Waals surface area contributed by atoms with Crippen LogP contribution in [0.4, 0.5) is 0 Å². The topological polar surface area (TPSA) is 59.1 Å². The lowest BCUT2D eigenvalue weighted by Gasteiger charge is -2.37. The van der Waals surface area contributed by atoms with Gasteiger partial charge in [0, 0.05) is 13.1 Å². The van der Waals surface area contributed by atoms with E-state index in [0.29, 0.717) is 24.4 Å². The van der Waals surface area contributed by atoms with Crippen LogP contribution >= 0.6 is 0 Å². The number of methoxy groups -OCH3 is 1. The minimum atomic E-state index is -0.260. The third-order valence-corrected chi connectivity index (χ3v) is 5.44. The lowest BCUT2D eigenvalue weighted by atomic mass is 10.0. The quantitative estimate of drug-likeness (QED) is 0.715. The Kier molecular flexibility index (Phi) is 5.59. The number of ether oxygens (including phenoxy) is 2. The van der Waals surface area contributed by atoms with Gasteiger partial charge in [0.1, 0.15) is 11.4 Å². The lowest BCUT2D eigenvalue weighted by molar-refractivity contribution is -0.139. The molecule has 30 heavy (non-hydrogen) atoms. The van der Waals surface area contributed by atoms with Crippen LogP contribution in [0.5, 0.6) is 5.75 Å². The Balaban J connectivity index is 1.70. The molecule has 1 saturated heterocycles. The second-order valence-corrected chi connectivity index (χ2v) is 7.80. The maximum absolute atomic E-state index is 13.5. The maximum Gasteiger partial charge on any atom is 0.278 e. The smallest absolute Gasteiger partial charge is 0.278 e. The molecule has 0 aliphatic carbocycles. The molecule has 2 aliphatic rings.